The summed E-state index contributed by atoms with van der Waals surface area (Å²) >= 11 is 0. The molecule has 23 heavy (non-hydrogen) atoms. The second-order valence-electron chi connectivity index (χ2n) is 6.04. The van der Waals surface area contributed by atoms with E-state index in [0.717, 1.165) is 12.8 Å². The number of aryl methyl sites for hydroxylation is 1. The molecule has 7 nitrogen and oxygen atoms in total. The van der Waals surface area contributed by atoms with E-state index >= 15 is 0 Å². The van der Waals surface area contributed by atoms with E-state index < -0.39 is 9.84 Å². The number of anilines is 1. The normalized spacial score (nSPS) is 19.5. The molecule has 1 atom stereocenters. The Kier molecular flexibility index (Phi) is 5.56. The minimum Gasteiger partial charge on any atom is -0.350 e. The van der Waals surface area contributed by atoms with Crippen LogP contribution in [0.15, 0.2) is 6.07 Å². The van der Waals surface area contributed by atoms with Crippen LogP contribution in [0.5, 0.6) is 0 Å². The van der Waals surface area contributed by atoms with E-state index in [1.54, 1.807) is 24.9 Å². The summed E-state index contributed by atoms with van der Waals surface area (Å²) in [4.78, 5) is 22.6. The molecule has 0 saturated carbocycles. The molecule has 0 radical (unpaired) electrons. The third kappa shape index (κ3) is 4.89. The van der Waals surface area contributed by atoms with Crippen molar-refractivity contribution in [3.63, 3.8) is 0 Å². The number of hydrogen-bond acceptors (Lipinski definition) is 6. The molecule has 0 aromatic carbocycles. The number of nitrogens with zero attached hydrogens (tertiary/aromatic N) is 3. The van der Waals surface area contributed by atoms with E-state index in [9.17, 15) is 13.2 Å². The summed E-state index contributed by atoms with van der Waals surface area (Å²) in [6, 6.07) is 1.46. The summed E-state index contributed by atoms with van der Waals surface area (Å²) in [5.41, 5.74) is 1.01. The molecule has 1 saturated heterocycles. The highest BCUT2D eigenvalue weighted by atomic mass is 32.2. The summed E-state index contributed by atoms with van der Waals surface area (Å²) in [7, 11) is -1.21. The number of amides is 1. The number of aromatic nitrogens is 2. The monoisotopic (exact) mass is 340 g/mol. The molecule has 2 rings (SSSR count). The fourth-order valence-electron chi connectivity index (χ4n) is 2.53. The lowest BCUT2D eigenvalue weighted by atomic mass is 10.2. The minimum absolute atomic E-state index is 0.0873. The van der Waals surface area contributed by atoms with Crippen molar-refractivity contribution < 1.29 is 13.2 Å². The minimum atomic E-state index is -2.97. The van der Waals surface area contributed by atoms with E-state index in [1.165, 1.54) is 0 Å². The molecule has 0 spiro atoms. The molecular weight excluding hydrogens is 316 g/mol. The Balaban J connectivity index is 2.11. The average Bonchev–Trinajstić information content (AvgIpc) is 2.82. The standard InChI is InChI=1S/C15H24N4O3S/c1-4-5-7-19(3)14(20)13-9-11(2)16-15(18-13)17-12-6-8-23(21,22)10-12/h9,12H,4-8,10H2,1-3H3,(H,16,17,18). The van der Waals surface area contributed by atoms with Gasteiger partial charge in [0.05, 0.1) is 11.5 Å². The lowest BCUT2D eigenvalue weighted by molar-refractivity contribution is 0.0787. The summed E-state index contributed by atoms with van der Waals surface area (Å²) < 4.78 is 23.0. The van der Waals surface area contributed by atoms with E-state index in [0.29, 0.717) is 30.3 Å². The fourth-order valence-corrected chi connectivity index (χ4v) is 4.20. The van der Waals surface area contributed by atoms with Gasteiger partial charge in [-0.1, -0.05) is 13.3 Å². The van der Waals surface area contributed by atoms with Crippen LogP contribution >= 0.6 is 0 Å². The van der Waals surface area contributed by atoms with Crippen molar-refractivity contribution in [2.75, 3.05) is 30.4 Å². The van der Waals surface area contributed by atoms with Gasteiger partial charge in [0.15, 0.2) is 9.84 Å². The topological polar surface area (TPSA) is 92.3 Å². The Morgan fingerprint density at radius 3 is 2.78 bits per heavy atom. The van der Waals surface area contributed by atoms with Crippen LogP contribution in [0.3, 0.4) is 0 Å². The summed E-state index contributed by atoms with van der Waals surface area (Å²) in [5, 5.41) is 3.04. The molecule has 0 bridgehead atoms. The van der Waals surface area contributed by atoms with Crippen LogP contribution in [0.1, 0.15) is 42.4 Å². The van der Waals surface area contributed by atoms with Crippen molar-refractivity contribution in [3.05, 3.63) is 17.5 Å². The highest BCUT2D eigenvalue weighted by Gasteiger charge is 2.28. The highest BCUT2D eigenvalue weighted by Crippen LogP contribution is 2.16. The average molecular weight is 340 g/mol. The van der Waals surface area contributed by atoms with Crippen LogP contribution in [0.25, 0.3) is 0 Å². The van der Waals surface area contributed by atoms with Crippen molar-refractivity contribution in [1.29, 1.82) is 0 Å². The Bertz CT molecular complexity index is 675. The van der Waals surface area contributed by atoms with Gasteiger partial charge in [0.1, 0.15) is 5.69 Å². The molecule has 8 heteroatoms. The van der Waals surface area contributed by atoms with Gasteiger partial charge in [-0.25, -0.2) is 18.4 Å². The number of hydrogen-bond donors (Lipinski definition) is 1. The summed E-state index contributed by atoms with van der Waals surface area (Å²) in [6.07, 6.45) is 2.50. The lowest BCUT2D eigenvalue weighted by Crippen LogP contribution is -2.29. The maximum atomic E-state index is 12.4. The number of carbonyl (C=O) groups is 1. The van der Waals surface area contributed by atoms with Gasteiger partial charge in [0.25, 0.3) is 5.91 Å². The van der Waals surface area contributed by atoms with Gasteiger partial charge >= 0.3 is 0 Å². The molecule has 2 heterocycles. The first kappa shape index (κ1) is 17.7. The molecule has 1 amide bonds. The first-order valence-corrected chi connectivity index (χ1v) is 9.71. The first-order chi connectivity index (χ1) is 10.8. The Hall–Kier alpha value is -1.70. The molecule has 1 aromatic heterocycles. The van der Waals surface area contributed by atoms with Gasteiger partial charge in [-0.15, -0.1) is 0 Å². The maximum absolute atomic E-state index is 12.4. The van der Waals surface area contributed by atoms with Crippen LogP contribution in [0.4, 0.5) is 5.95 Å². The Morgan fingerprint density at radius 2 is 2.17 bits per heavy atom. The van der Waals surface area contributed by atoms with Gasteiger partial charge in [-0.05, 0) is 25.8 Å². The zero-order valence-corrected chi connectivity index (χ0v) is 14.7. The Morgan fingerprint density at radius 1 is 1.43 bits per heavy atom. The number of rotatable bonds is 6. The quantitative estimate of drug-likeness (QED) is 0.838. The zero-order chi connectivity index (χ0) is 17.0. The second kappa shape index (κ2) is 7.25. The molecule has 0 aliphatic carbocycles. The smallest absolute Gasteiger partial charge is 0.272 e. The van der Waals surface area contributed by atoms with Crippen molar-refractivity contribution >= 4 is 21.7 Å². The first-order valence-electron chi connectivity index (χ1n) is 7.89. The predicted molar refractivity (Wildman–Crippen MR) is 89.3 cm³/mol. The van der Waals surface area contributed by atoms with Crippen molar-refractivity contribution in [1.82, 2.24) is 14.9 Å². The van der Waals surface area contributed by atoms with Crippen LogP contribution in [0.2, 0.25) is 0 Å². The predicted octanol–water partition coefficient (Wildman–Crippen LogP) is 1.26. The SMILES string of the molecule is CCCCN(C)C(=O)c1cc(C)nc(NC2CCS(=O)(=O)C2)n1. The summed E-state index contributed by atoms with van der Waals surface area (Å²) in [6.45, 7) is 4.55. The van der Waals surface area contributed by atoms with Gasteiger partial charge in [-0.3, -0.25) is 4.79 Å². The lowest BCUT2D eigenvalue weighted by Gasteiger charge is -2.17. The van der Waals surface area contributed by atoms with Crippen LogP contribution < -0.4 is 5.32 Å². The fraction of sp³-hybridized carbons (Fsp3) is 0.667. The van der Waals surface area contributed by atoms with Gasteiger partial charge in [0, 0.05) is 25.3 Å². The third-order valence-corrected chi connectivity index (χ3v) is 5.60. The van der Waals surface area contributed by atoms with Crippen molar-refractivity contribution in [2.24, 2.45) is 0 Å². The number of sulfone groups is 1. The molecule has 1 aromatic rings. The van der Waals surface area contributed by atoms with E-state index in [2.05, 4.69) is 22.2 Å². The molecule has 1 N–H and O–H groups in total. The van der Waals surface area contributed by atoms with E-state index in [1.807, 2.05) is 0 Å². The maximum Gasteiger partial charge on any atom is 0.272 e. The van der Waals surface area contributed by atoms with Gasteiger partial charge < -0.3 is 10.2 Å². The van der Waals surface area contributed by atoms with Gasteiger partial charge in [0.2, 0.25) is 5.95 Å². The number of carbonyl (C=O) groups excluding carboxylic acids is 1. The van der Waals surface area contributed by atoms with E-state index in [-0.39, 0.29) is 23.5 Å². The molecule has 128 valence electrons. The largest absolute Gasteiger partial charge is 0.350 e. The molecule has 1 fully saturated rings. The highest BCUT2D eigenvalue weighted by molar-refractivity contribution is 7.91. The van der Waals surface area contributed by atoms with Crippen LogP contribution in [-0.2, 0) is 9.84 Å². The van der Waals surface area contributed by atoms with Crippen LogP contribution in [0, 0.1) is 6.92 Å². The number of unbranched alkanes of at least 4 members (excludes halogenated alkanes) is 1. The second-order valence-corrected chi connectivity index (χ2v) is 8.27. The molecular formula is C15H24N4O3S. The third-order valence-electron chi connectivity index (χ3n) is 3.83. The summed E-state index contributed by atoms with van der Waals surface area (Å²) in [5.74, 6) is 0.442. The molecule has 1 aliphatic rings. The Labute approximate surface area is 137 Å². The zero-order valence-electron chi connectivity index (χ0n) is 13.9. The van der Waals surface area contributed by atoms with Gasteiger partial charge in [-0.2, -0.15) is 0 Å². The van der Waals surface area contributed by atoms with Crippen molar-refractivity contribution in [2.45, 2.75) is 39.2 Å². The molecule has 1 unspecified atom stereocenters. The number of nitrogens with one attached hydrogen (secondary N) is 1. The molecule has 1 aliphatic heterocycles. The van der Waals surface area contributed by atoms with E-state index in [4.69, 9.17) is 0 Å². The van der Waals surface area contributed by atoms with Crippen LogP contribution in [-0.4, -0.2) is 60.3 Å². The van der Waals surface area contributed by atoms with Crippen molar-refractivity contribution in [3.8, 4) is 0 Å².